The number of para-hydroxylation sites is 1. The lowest BCUT2D eigenvalue weighted by atomic mass is 10.2. The van der Waals surface area contributed by atoms with Crippen LogP contribution in [0.4, 0.5) is 17.6 Å². The highest BCUT2D eigenvalue weighted by atomic mass is 32.2. The van der Waals surface area contributed by atoms with Gasteiger partial charge in [-0.2, -0.15) is 13.2 Å². The zero-order valence-electron chi connectivity index (χ0n) is 15.0. The van der Waals surface area contributed by atoms with Gasteiger partial charge in [0.1, 0.15) is 0 Å². The van der Waals surface area contributed by atoms with Crippen LogP contribution in [0.5, 0.6) is 5.75 Å². The Balaban J connectivity index is 1.81. The summed E-state index contributed by atoms with van der Waals surface area (Å²) in [7, 11) is 0. The second kappa shape index (κ2) is 9.97. The van der Waals surface area contributed by atoms with Crippen LogP contribution in [0.3, 0.4) is 0 Å². The van der Waals surface area contributed by atoms with E-state index < -0.39 is 29.2 Å². The van der Waals surface area contributed by atoms with Crippen LogP contribution < -0.4 is 15.6 Å². The van der Waals surface area contributed by atoms with Gasteiger partial charge in [-0.05, 0) is 54.6 Å². The standard InChI is InChI=1S/C19H16F4N2O3S/c1-12(28-16-5-3-2-4-15(16)20)18(27)25-24-17(26)11-8-13-6-9-14(10-7-13)29-19(21,22)23/h2-12H,1H3,(H,24,26)(H,25,27)/b11-8+. The largest absolute Gasteiger partial charge is 0.478 e. The summed E-state index contributed by atoms with van der Waals surface area (Å²) >= 11 is -0.237. The van der Waals surface area contributed by atoms with Crippen LogP contribution in [0.15, 0.2) is 59.5 Å². The van der Waals surface area contributed by atoms with E-state index in [-0.39, 0.29) is 22.4 Å². The number of nitrogens with one attached hydrogen (secondary N) is 2. The van der Waals surface area contributed by atoms with Crippen molar-refractivity contribution in [2.24, 2.45) is 0 Å². The molecule has 2 aromatic carbocycles. The van der Waals surface area contributed by atoms with Crippen LogP contribution in [0.1, 0.15) is 12.5 Å². The molecule has 0 fully saturated rings. The number of thioether (sulfide) groups is 1. The number of hydrogen-bond acceptors (Lipinski definition) is 4. The molecule has 1 atom stereocenters. The van der Waals surface area contributed by atoms with E-state index in [2.05, 4.69) is 10.9 Å². The van der Waals surface area contributed by atoms with Gasteiger partial charge in [-0.1, -0.05) is 24.3 Å². The Bertz CT molecular complexity index is 886. The molecule has 0 aliphatic carbocycles. The predicted octanol–water partition coefficient (Wildman–Crippen LogP) is 4.07. The van der Waals surface area contributed by atoms with E-state index in [9.17, 15) is 27.2 Å². The summed E-state index contributed by atoms with van der Waals surface area (Å²) in [4.78, 5) is 23.7. The summed E-state index contributed by atoms with van der Waals surface area (Å²) in [5.41, 5.74) is 0.374. The minimum atomic E-state index is -4.37. The molecule has 0 saturated heterocycles. The number of carbonyl (C=O) groups excluding carboxylic acids is 2. The molecular weight excluding hydrogens is 412 g/mol. The summed E-state index contributed by atoms with van der Waals surface area (Å²) in [6, 6.07) is 11.0. The Morgan fingerprint density at radius 2 is 1.72 bits per heavy atom. The van der Waals surface area contributed by atoms with Crippen molar-refractivity contribution in [2.75, 3.05) is 0 Å². The van der Waals surface area contributed by atoms with Crippen molar-refractivity contribution in [2.45, 2.75) is 23.4 Å². The smallest absolute Gasteiger partial charge is 0.446 e. The van der Waals surface area contributed by atoms with E-state index in [0.717, 1.165) is 6.08 Å². The number of amides is 2. The molecule has 10 heteroatoms. The van der Waals surface area contributed by atoms with Crippen molar-refractivity contribution >= 4 is 29.7 Å². The summed E-state index contributed by atoms with van der Waals surface area (Å²) < 4.78 is 55.5. The zero-order chi connectivity index (χ0) is 21.4. The number of ether oxygens (including phenoxy) is 1. The molecule has 154 valence electrons. The van der Waals surface area contributed by atoms with Crippen LogP contribution in [0, 0.1) is 5.82 Å². The van der Waals surface area contributed by atoms with Crippen molar-refractivity contribution in [1.29, 1.82) is 0 Å². The van der Waals surface area contributed by atoms with Gasteiger partial charge in [0.25, 0.3) is 11.8 Å². The van der Waals surface area contributed by atoms with Crippen LogP contribution in [0.25, 0.3) is 6.08 Å². The number of hydrogen-bond donors (Lipinski definition) is 2. The molecule has 0 aliphatic rings. The molecule has 0 radical (unpaired) electrons. The highest BCUT2D eigenvalue weighted by molar-refractivity contribution is 8.00. The van der Waals surface area contributed by atoms with Crippen molar-refractivity contribution in [3.63, 3.8) is 0 Å². The Labute approximate surface area is 168 Å². The van der Waals surface area contributed by atoms with E-state index in [0.29, 0.717) is 5.56 Å². The average molecular weight is 428 g/mol. The minimum Gasteiger partial charge on any atom is -0.478 e. The molecule has 0 saturated carbocycles. The number of halogens is 4. The lowest BCUT2D eigenvalue weighted by Crippen LogP contribution is -2.46. The number of carbonyl (C=O) groups is 2. The third-order valence-corrected chi connectivity index (χ3v) is 4.10. The third kappa shape index (κ3) is 7.86. The maximum Gasteiger partial charge on any atom is 0.446 e. The Morgan fingerprint density at radius 3 is 2.34 bits per heavy atom. The highest BCUT2D eigenvalue weighted by Crippen LogP contribution is 2.36. The third-order valence-electron chi connectivity index (χ3n) is 3.36. The van der Waals surface area contributed by atoms with Gasteiger partial charge in [0.2, 0.25) is 0 Å². The number of hydrazine groups is 1. The molecule has 2 amide bonds. The van der Waals surface area contributed by atoms with Gasteiger partial charge in [0.05, 0.1) is 0 Å². The quantitative estimate of drug-likeness (QED) is 0.315. The number of benzene rings is 2. The van der Waals surface area contributed by atoms with Crippen LogP contribution >= 0.6 is 11.8 Å². The summed E-state index contributed by atoms with van der Waals surface area (Å²) in [6.45, 7) is 1.38. The summed E-state index contributed by atoms with van der Waals surface area (Å²) in [6.07, 6.45) is 1.38. The zero-order valence-corrected chi connectivity index (χ0v) is 15.8. The van der Waals surface area contributed by atoms with Gasteiger partial charge in [-0.3, -0.25) is 20.4 Å². The van der Waals surface area contributed by atoms with Gasteiger partial charge in [0.15, 0.2) is 17.7 Å². The summed E-state index contributed by atoms with van der Waals surface area (Å²) in [5, 5.41) is 0. The summed E-state index contributed by atoms with van der Waals surface area (Å²) in [5.74, 6) is -2.11. The average Bonchev–Trinajstić information content (AvgIpc) is 2.66. The second-order valence-corrected chi connectivity index (χ2v) is 6.76. The fourth-order valence-electron chi connectivity index (χ4n) is 2.00. The van der Waals surface area contributed by atoms with Crippen molar-refractivity contribution < 1.29 is 31.9 Å². The fraction of sp³-hybridized carbons (Fsp3) is 0.158. The van der Waals surface area contributed by atoms with Crippen molar-refractivity contribution in [1.82, 2.24) is 10.9 Å². The van der Waals surface area contributed by atoms with E-state index in [1.165, 1.54) is 55.5 Å². The minimum absolute atomic E-state index is 0.0233. The van der Waals surface area contributed by atoms with E-state index in [1.54, 1.807) is 6.07 Å². The predicted molar refractivity (Wildman–Crippen MR) is 100 cm³/mol. The normalized spacial score (nSPS) is 12.4. The van der Waals surface area contributed by atoms with Crippen molar-refractivity contribution in [3.8, 4) is 5.75 Å². The van der Waals surface area contributed by atoms with E-state index in [4.69, 9.17) is 4.74 Å². The molecule has 0 spiro atoms. The van der Waals surface area contributed by atoms with Crippen molar-refractivity contribution in [3.05, 3.63) is 66.0 Å². The Kier molecular flexibility index (Phi) is 7.66. The first-order chi connectivity index (χ1) is 13.6. The molecule has 2 N–H and O–H groups in total. The second-order valence-electron chi connectivity index (χ2n) is 5.62. The number of rotatable bonds is 6. The molecule has 2 aromatic rings. The highest BCUT2D eigenvalue weighted by Gasteiger charge is 2.28. The van der Waals surface area contributed by atoms with Crippen LogP contribution in [-0.2, 0) is 9.59 Å². The van der Waals surface area contributed by atoms with Gasteiger partial charge >= 0.3 is 5.51 Å². The first-order valence-corrected chi connectivity index (χ1v) is 9.00. The maximum atomic E-state index is 13.5. The molecule has 1 unspecified atom stereocenters. The van der Waals surface area contributed by atoms with Gasteiger partial charge in [0, 0.05) is 11.0 Å². The maximum absolute atomic E-state index is 13.5. The molecule has 2 rings (SSSR count). The van der Waals surface area contributed by atoms with E-state index >= 15 is 0 Å². The molecule has 5 nitrogen and oxygen atoms in total. The molecular formula is C19H16F4N2O3S. The monoisotopic (exact) mass is 428 g/mol. The molecule has 29 heavy (non-hydrogen) atoms. The van der Waals surface area contributed by atoms with Crippen LogP contribution in [0.2, 0.25) is 0 Å². The SMILES string of the molecule is CC(Oc1ccccc1F)C(=O)NNC(=O)/C=C/c1ccc(SC(F)(F)F)cc1. The fourth-order valence-corrected chi connectivity index (χ4v) is 2.54. The van der Waals surface area contributed by atoms with Gasteiger partial charge < -0.3 is 4.74 Å². The Hall–Kier alpha value is -3.01. The molecule has 0 aromatic heterocycles. The molecule has 0 bridgehead atoms. The topological polar surface area (TPSA) is 67.4 Å². The lowest BCUT2D eigenvalue weighted by molar-refractivity contribution is -0.131. The molecule has 0 aliphatic heterocycles. The van der Waals surface area contributed by atoms with Crippen LogP contribution in [-0.4, -0.2) is 23.4 Å². The number of alkyl halides is 3. The first kappa shape index (κ1) is 22.3. The Morgan fingerprint density at radius 1 is 1.07 bits per heavy atom. The van der Waals surface area contributed by atoms with Gasteiger partial charge in [-0.15, -0.1) is 0 Å². The lowest BCUT2D eigenvalue weighted by Gasteiger charge is -2.15. The molecule has 0 heterocycles. The van der Waals surface area contributed by atoms with Gasteiger partial charge in [-0.25, -0.2) is 4.39 Å². The van der Waals surface area contributed by atoms with E-state index in [1.807, 2.05) is 0 Å². The first-order valence-electron chi connectivity index (χ1n) is 8.19.